The number of hydrogen-bond acceptors (Lipinski definition) is 5. The zero-order chi connectivity index (χ0) is 17.9. The van der Waals surface area contributed by atoms with Gasteiger partial charge in [0.1, 0.15) is 22.8 Å². The number of ether oxygens (including phenoxy) is 2. The lowest BCUT2D eigenvalue weighted by atomic mass is 10.2. The highest BCUT2D eigenvalue weighted by atomic mass is 35.5. The van der Waals surface area contributed by atoms with Gasteiger partial charge in [0.05, 0.1) is 6.61 Å². The molecule has 7 nitrogen and oxygen atoms in total. The van der Waals surface area contributed by atoms with E-state index >= 15 is 0 Å². The number of nitrogens with zero attached hydrogens (tertiary/aromatic N) is 1. The van der Waals surface area contributed by atoms with Crippen LogP contribution < -0.4 is 4.74 Å². The highest BCUT2D eigenvalue weighted by Gasteiger charge is 2.40. The molecule has 1 N–H and O–H groups in total. The number of hydrogen-bond donors (Lipinski definition) is 1. The largest absolute Gasteiger partial charge is 0.487 e. The highest BCUT2D eigenvalue weighted by molar-refractivity contribution is 7.89. The summed E-state index contributed by atoms with van der Waals surface area (Å²) in [5, 5.41) is 9.48. The number of halogens is 1. The Morgan fingerprint density at radius 2 is 2.21 bits per heavy atom. The molecule has 2 atom stereocenters. The first-order chi connectivity index (χ1) is 11.3. The van der Waals surface area contributed by atoms with Crippen LogP contribution in [-0.4, -0.2) is 56.2 Å². The van der Waals surface area contributed by atoms with Gasteiger partial charge in [-0.2, -0.15) is 4.31 Å². The first kappa shape index (κ1) is 19.0. The van der Waals surface area contributed by atoms with E-state index in [1.807, 2.05) is 0 Å². The van der Waals surface area contributed by atoms with Gasteiger partial charge in [0.2, 0.25) is 10.0 Å². The van der Waals surface area contributed by atoms with E-state index in [-0.39, 0.29) is 41.3 Å². The molecule has 1 aromatic rings. The van der Waals surface area contributed by atoms with Crippen molar-refractivity contribution >= 4 is 27.6 Å². The van der Waals surface area contributed by atoms with Crippen LogP contribution in [0.4, 0.5) is 0 Å². The Balaban J connectivity index is 2.42. The van der Waals surface area contributed by atoms with Crippen LogP contribution >= 0.6 is 11.6 Å². The van der Waals surface area contributed by atoms with Crippen LogP contribution in [0, 0.1) is 0 Å². The first-order valence-electron chi connectivity index (χ1n) is 7.47. The Morgan fingerprint density at radius 1 is 1.50 bits per heavy atom. The fourth-order valence-electron chi connectivity index (χ4n) is 2.67. The minimum Gasteiger partial charge on any atom is -0.487 e. The third-order valence-corrected chi connectivity index (χ3v) is 5.88. The van der Waals surface area contributed by atoms with Crippen LogP contribution in [0.5, 0.6) is 5.75 Å². The van der Waals surface area contributed by atoms with Crippen LogP contribution in [0.3, 0.4) is 0 Å². The monoisotopic (exact) mass is 377 g/mol. The molecule has 24 heavy (non-hydrogen) atoms. The smallest absolute Gasteiger partial charge is 0.322 e. The molecule has 1 saturated heterocycles. The van der Waals surface area contributed by atoms with Crippen LogP contribution in [0.2, 0.25) is 5.02 Å². The van der Waals surface area contributed by atoms with Gasteiger partial charge in [0.25, 0.3) is 0 Å². The summed E-state index contributed by atoms with van der Waals surface area (Å²) in [4.78, 5) is 11.2. The van der Waals surface area contributed by atoms with Gasteiger partial charge in [-0.15, -0.1) is 0 Å². The van der Waals surface area contributed by atoms with Crippen molar-refractivity contribution in [3.63, 3.8) is 0 Å². The lowest BCUT2D eigenvalue weighted by molar-refractivity contribution is -0.140. The second kappa shape index (κ2) is 7.69. The molecule has 1 aromatic carbocycles. The van der Waals surface area contributed by atoms with E-state index in [0.29, 0.717) is 6.42 Å². The molecule has 0 bridgehead atoms. The number of sulfonamides is 1. The van der Waals surface area contributed by atoms with E-state index in [1.165, 1.54) is 25.3 Å². The highest BCUT2D eigenvalue weighted by Crippen LogP contribution is 2.34. The molecular formula is C15H20ClNO6S. The fraction of sp³-hybridized carbons (Fsp3) is 0.533. The van der Waals surface area contributed by atoms with E-state index in [4.69, 9.17) is 21.1 Å². The average molecular weight is 378 g/mol. The van der Waals surface area contributed by atoms with E-state index in [1.54, 1.807) is 6.92 Å². The van der Waals surface area contributed by atoms with Gasteiger partial charge < -0.3 is 14.6 Å². The molecule has 0 radical (unpaired) electrons. The van der Waals surface area contributed by atoms with Gasteiger partial charge in [-0.3, -0.25) is 4.79 Å². The molecule has 0 aromatic heterocycles. The van der Waals surface area contributed by atoms with Crippen LogP contribution in [0.15, 0.2) is 23.1 Å². The Labute approximate surface area is 146 Å². The van der Waals surface area contributed by atoms with Gasteiger partial charge in [-0.1, -0.05) is 11.6 Å². The van der Waals surface area contributed by atoms with Crippen molar-refractivity contribution in [1.82, 2.24) is 4.31 Å². The summed E-state index contributed by atoms with van der Waals surface area (Å²) in [6.07, 6.45) is 0.400. The van der Waals surface area contributed by atoms with Crippen molar-refractivity contribution in [3.05, 3.63) is 23.2 Å². The number of carboxylic acid groups (broad SMARTS) is 1. The van der Waals surface area contributed by atoms with Crippen LogP contribution in [0.1, 0.15) is 19.8 Å². The second-order valence-electron chi connectivity index (χ2n) is 5.59. The maximum atomic E-state index is 13.0. The fourth-order valence-corrected chi connectivity index (χ4v) is 4.70. The summed E-state index contributed by atoms with van der Waals surface area (Å²) in [7, 11) is -2.53. The summed E-state index contributed by atoms with van der Waals surface area (Å²) in [6, 6.07) is 3.20. The summed E-state index contributed by atoms with van der Waals surface area (Å²) < 4.78 is 37.5. The van der Waals surface area contributed by atoms with E-state index < -0.39 is 22.0 Å². The van der Waals surface area contributed by atoms with Crippen LogP contribution in [0.25, 0.3) is 0 Å². The van der Waals surface area contributed by atoms with Crippen LogP contribution in [-0.2, 0) is 19.6 Å². The minimum absolute atomic E-state index is 0.125. The second-order valence-corrected chi connectivity index (χ2v) is 7.88. The van der Waals surface area contributed by atoms with Crippen molar-refractivity contribution in [2.24, 2.45) is 0 Å². The zero-order valence-corrected chi connectivity index (χ0v) is 15.0. The van der Waals surface area contributed by atoms with E-state index in [9.17, 15) is 18.3 Å². The number of rotatable bonds is 7. The predicted octanol–water partition coefficient (Wildman–Crippen LogP) is 1.99. The Kier molecular flexibility index (Phi) is 6.08. The van der Waals surface area contributed by atoms with E-state index in [2.05, 4.69) is 0 Å². The Hall–Kier alpha value is -1.35. The Bertz CT molecular complexity index is 708. The molecule has 1 heterocycles. The number of carboxylic acids is 1. The third-order valence-electron chi connectivity index (χ3n) is 3.71. The zero-order valence-electron chi connectivity index (χ0n) is 13.4. The summed E-state index contributed by atoms with van der Waals surface area (Å²) >= 11 is 5.95. The molecule has 1 fully saturated rings. The number of benzene rings is 1. The van der Waals surface area contributed by atoms with Crippen molar-refractivity contribution in [2.75, 3.05) is 20.3 Å². The molecule has 1 aliphatic heterocycles. The molecule has 2 unspecified atom stereocenters. The Morgan fingerprint density at radius 3 is 2.83 bits per heavy atom. The molecule has 134 valence electrons. The summed E-state index contributed by atoms with van der Waals surface area (Å²) in [6.45, 7) is 2.17. The third kappa shape index (κ3) is 4.00. The van der Waals surface area contributed by atoms with Gasteiger partial charge in [-0.25, -0.2) is 8.42 Å². The van der Waals surface area contributed by atoms with Crippen molar-refractivity contribution in [1.29, 1.82) is 0 Å². The molecule has 0 saturated carbocycles. The maximum Gasteiger partial charge on any atom is 0.322 e. The predicted molar refractivity (Wildman–Crippen MR) is 88.0 cm³/mol. The summed E-state index contributed by atoms with van der Waals surface area (Å²) in [5.41, 5.74) is 0. The SMILES string of the molecule is COCC(C)Oc1ccc(Cl)cc1S(=O)(=O)N1CCCC1C(=O)O. The standard InChI is InChI=1S/C15H20ClNO6S/c1-10(9-22-2)23-13-6-5-11(16)8-14(13)24(20,21)17-7-3-4-12(17)15(18)19/h5-6,8,10,12H,3-4,7,9H2,1-2H3,(H,18,19). The molecule has 9 heteroatoms. The van der Waals surface area contributed by atoms with E-state index in [0.717, 1.165) is 4.31 Å². The van der Waals surface area contributed by atoms with Gasteiger partial charge in [0.15, 0.2) is 0 Å². The van der Waals surface area contributed by atoms with Crippen molar-refractivity contribution in [3.8, 4) is 5.75 Å². The average Bonchev–Trinajstić information content (AvgIpc) is 3.00. The molecule has 0 aliphatic carbocycles. The number of methoxy groups -OCH3 is 1. The van der Waals surface area contributed by atoms with Gasteiger partial charge in [0, 0.05) is 18.7 Å². The van der Waals surface area contributed by atoms with Gasteiger partial charge in [-0.05, 0) is 38.0 Å². The number of carbonyl (C=O) groups is 1. The molecule has 0 spiro atoms. The molecule has 0 amide bonds. The molecule has 1 aliphatic rings. The van der Waals surface area contributed by atoms with Gasteiger partial charge >= 0.3 is 5.97 Å². The quantitative estimate of drug-likeness (QED) is 0.781. The van der Waals surface area contributed by atoms with Crippen molar-refractivity contribution in [2.45, 2.75) is 36.8 Å². The topological polar surface area (TPSA) is 93.1 Å². The molecular weight excluding hydrogens is 358 g/mol. The first-order valence-corrected chi connectivity index (χ1v) is 9.29. The number of aliphatic carboxylic acids is 1. The lowest BCUT2D eigenvalue weighted by Gasteiger charge is -2.23. The normalized spacial score (nSPS) is 20.0. The lowest BCUT2D eigenvalue weighted by Crippen LogP contribution is -2.40. The molecule has 2 rings (SSSR count). The summed E-state index contributed by atoms with van der Waals surface area (Å²) in [5.74, 6) is -1.03. The minimum atomic E-state index is -4.04. The van der Waals surface area contributed by atoms with Crippen molar-refractivity contribution < 1.29 is 27.8 Å². The maximum absolute atomic E-state index is 13.0.